The monoisotopic (exact) mass is 549 g/mol. The molecule has 3 heterocycles. The van der Waals surface area contributed by atoms with Crippen molar-refractivity contribution in [1.29, 1.82) is 0 Å². The topological polar surface area (TPSA) is 94.7 Å². The lowest BCUT2D eigenvalue weighted by Crippen LogP contribution is -2.30. The Morgan fingerprint density at radius 3 is 2.68 bits per heavy atom. The molecular weight excluding hydrogens is 526 g/mol. The second-order valence-corrected chi connectivity index (χ2v) is 9.33. The Morgan fingerprint density at radius 1 is 1.08 bits per heavy atom. The highest BCUT2D eigenvalue weighted by Gasteiger charge is 2.42. The van der Waals surface area contributed by atoms with Gasteiger partial charge in [0, 0.05) is 43.0 Å². The van der Waals surface area contributed by atoms with Gasteiger partial charge >= 0.3 is 0 Å². The largest absolute Gasteiger partial charge is 0.490 e. The van der Waals surface area contributed by atoms with Gasteiger partial charge in [-0.15, -0.1) is 0 Å². The quantitative estimate of drug-likeness (QED) is 0.124. The Balaban J connectivity index is 1.59. The molecule has 11 heteroatoms. The first kappa shape index (κ1) is 25.7. The molecule has 1 N–H and O–H groups in total. The second kappa shape index (κ2) is 11.2. The molecule has 5 rings (SSSR count). The predicted octanol–water partition coefficient (Wildman–Crippen LogP) is 5.64. The van der Waals surface area contributed by atoms with E-state index in [0.717, 1.165) is 17.1 Å². The number of methoxy groups -OCH3 is 1. The van der Waals surface area contributed by atoms with Gasteiger partial charge in [-0.1, -0.05) is 23.7 Å². The number of hydrogen-bond donors (Lipinski definition) is 1. The molecule has 0 saturated carbocycles. The van der Waals surface area contributed by atoms with Gasteiger partial charge in [0.2, 0.25) is 0 Å². The summed E-state index contributed by atoms with van der Waals surface area (Å²) in [7, 11) is 1.61. The van der Waals surface area contributed by atoms with Gasteiger partial charge in [0.15, 0.2) is 5.11 Å². The number of anilines is 1. The van der Waals surface area contributed by atoms with E-state index in [2.05, 4.69) is 10.3 Å². The zero-order chi connectivity index (χ0) is 26.6. The molecule has 0 unspecified atom stereocenters. The predicted molar refractivity (Wildman–Crippen MR) is 149 cm³/mol. The summed E-state index contributed by atoms with van der Waals surface area (Å²) in [6.45, 7) is 0.820. The van der Waals surface area contributed by atoms with Gasteiger partial charge in [-0.05, 0) is 60.7 Å². The van der Waals surface area contributed by atoms with Crippen LogP contribution in [0.2, 0.25) is 5.02 Å². The van der Waals surface area contributed by atoms with Crippen molar-refractivity contribution in [2.75, 3.05) is 25.2 Å². The molecule has 2 aromatic carbocycles. The molecular formula is C27H24ClN5O4S. The van der Waals surface area contributed by atoms with Crippen molar-refractivity contribution in [1.82, 2.24) is 14.9 Å². The standard InChI is InChI=1S/C27H24ClN5O4S/c1-36-14-15-37-24-11-10-19(17-21(24)28)32-26(25(30-27(32)38)22-8-2-3-12-29-22)23-9-5-13-31(23)18-6-4-7-20(16-18)33(34)35/h2-13,16-17,25-26H,14-15H2,1H3,(H,30,38)/t25-,26-/m0/s1. The Kier molecular flexibility index (Phi) is 7.54. The summed E-state index contributed by atoms with van der Waals surface area (Å²) in [6, 6.07) is 21.0. The highest BCUT2D eigenvalue weighted by molar-refractivity contribution is 7.80. The molecule has 38 heavy (non-hydrogen) atoms. The Labute approximate surface area is 229 Å². The molecule has 4 aromatic rings. The number of halogens is 1. The van der Waals surface area contributed by atoms with E-state index in [9.17, 15) is 10.1 Å². The maximum atomic E-state index is 11.4. The van der Waals surface area contributed by atoms with Crippen LogP contribution >= 0.6 is 23.8 Å². The summed E-state index contributed by atoms with van der Waals surface area (Å²) in [5.74, 6) is 0.545. The zero-order valence-electron chi connectivity index (χ0n) is 20.4. The molecule has 2 atom stereocenters. The van der Waals surface area contributed by atoms with E-state index in [0.29, 0.717) is 34.8 Å². The van der Waals surface area contributed by atoms with Gasteiger partial charge in [-0.2, -0.15) is 0 Å². The molecule has 1 saturated heterocycles. The number of thiocarbonyl (C=S) groups is 1. The van der Waals surface area contributed by atoms with Crippen molar-refractivity contribution in [3.63, 3.8) is 0 Å². The number of aromatic nitrogens is 2. The Hall–Kier alpha value is -3.99. The summed E-state index contributed by atoms with van der Waals surface area (Å²) in [4.78, 5) is 17.6. The van der Waals surface area contributed by atoms with Gasteiger partial charge in [0.25, 0.3) is 5.69 Å². The minimum absolute atomic E-state index is 0.0104. The lowest BCUT2D eigenvalue weighted by molar-refractivity contribution is -0.384. The van der Waals surface area contributed by atoms with Crippen LogP contribution in [0.1, 0.15) is 23.5 Å². The van der Waals surface area contributed by atoms with E-state index in [1.54, 1.807) is 31.5 Å². The van der Waals surface area contributed by atoms with Gasteiger partial charge in [-0.3, -0.25) is 15.1 Å². The lowest BCUT2D eigenvalue weighted by atomic mass is 10.0. The SMILES string of the molecule is COCCOc1ccc(N2C(=S)N[C@@H](c3ccccn3)[C@@H]2c2cccn2-c2cccc([N+](=O)[O-])c2)cc1Cl. The van der Waals surface area contributed by atoms with Crippen LogP contribution in [0.3, 0.4) is 0 Å². The van der Waals surface area contributed by atoms with Gasteiger partial charge in [0.1, 0.15) is 18.4 Å². The van der Waals surface area contributed by atoms with Crippen LogP contribution in [0.4, 0.5) is 11.4 Å². The molecule has 0 aliphatic carbocycles. The minimum Gasteiger partial charge on any atom is -0.490 e. The number of nitrogens with zero attached hydrogens (tertiary/aromatic N) is 4. The lowest BCUT2D eigenvalue weighted by Gasteiger charge is -2.29. The van der Waals surface area contributed by atoms with E-state index in [1.807, 2.05) is 64.2 Å². The van der Waals surface area contributed by atoms with Crippen LogP contribution < -0.4 is 15.0 Å². The number of ether oxygens (including phenoxy) is 2. The van der Waals surface area contributed by atoms with E-state index >= 15 is 0 Å². The summed E-state index contributed by atoms with van der Waals surface area (Å²) < 4.78 is 12.7. The van der Waals surface area contributed by atoms with E-state index in [4.69, 9.17) is 33.3 Å². The van der Waals surface area contributed by atoms with Crippen LogP contribution in [0.5, 0.6) is 5.75 Å². The fourth-order valence-corrected chi connectivity index (χ4v) is 5.13. The average molecular weight is 550 g/mol. The van der Waals surface area contributed by atoms with Crippen LogP contribution in [-0.2, 0) is 4.74 Å². The van der Waals surface area contributed by atoms with Crippen LogP contribution in [-0.4, -0.2) is 39.9 Å². The highest BCUT2D eigenvalue weighted by atomic mass is 35.5. The van der Waals surface area contributed by atoms with E-state index in [-0.39, 0.29) is 17.8 Å². The highest BCUT2D eigenvalue weighted by Crippen LogP contribution is 2.43. The molecule has 1 fully saturated rings. The number of nitro groups is 1. The molecule has 1 aliphatic rings. The van der Waals surface area contributed by atoms with Gasteiger partial charge in [0.05, 0.1) is 34.0 Å². The molecule has 194 valence electrons. The number of nitrogens with one attached hydrogen (secondary N) is 1. The first-order valence-electron chi connectivity index (χ1n) is 11.8. The molecule has 1 aliphatic heterocycles. The van der Waals surface area contributed by atoms with Crippen molar-refractivity contribution < 1.29 is 14.4 Å². The fourth-order valence-electron chi connectivity index (χ4n) is 4.55. The molecule has 0 spiro atoms. The van der Waals surface area contributed by atoms with Crippen molar-refractivity contribution in [3.05, 3.63) is 112 Å². The first-order chi connectivity index (χ1) is 18.5. The molecule has 9 nitrogen and oxygen atoms in total. The van der Waals surface area contributed by atoms with Crippen LogP contribution in [0.15, 0.2) is 85.2 Å². The summed E-state index contributed by atoms with van der Waals surface area (Å²) in [5, 5.41) is 15.8. The van der Waals surface area contributed by atoms with Crippen molar-refractivity contribution >= 4 is 40.3 Å². The maximum Gasteiger partial charge on any atom is 0.271 e. The van der Waals surface area contributed by atoms with E-state index < -0.39 is 4.92 Å². The van der Waals surface area contributed by atoms with Crippen LogP contribution in [0, 0.1) is 10.1 Å². The molecule has 2 aromatic heterocycles. The zero-order valence-corrected chi connectivity index (χ0v) is 21.9. The molecule has 0 bridgehead atoms. The Bertz CT molecular complexity index is 1460. The van der Waals surface area contributed by atoms with Crippen molar-refractivity contribution in [2.45, 2.75) is 12.1 Å². The summed E-state index contributed by atoms with van der Waals surface area (Å²) >= 11 is 12.4. The molecule has 0 amide bonds. The third kappa shape index (κ3) is 5.06. The number of benzene rings is 2. The average Bonchev–Trinajstić information content (AvgIpc) is 3.54. The number of hydrogen-bond acceptors (Lipinski definition) is 6. The number of rotatable bonds is 9. The first-order valence-corrected chi connectivity index (χ1v) is 12.6. The van der Waals surface area contributed by atoms with Crippen molar-refractivity contribution in [2.24, 2.45) is 0 Å². The fraction of sp³-hybridized carbons (Fsp3) is 0.185. The van der Waals surface area contributed by atoms with Gasteiger partial charge < -0.3 is 24.3 Å². The smallest absolute Gasteiger partial charge is 0.271 e. The minimum atomic E-state index is -0.403. The third-order valence-electron chi connectivity index (χ3n) is 6.24. The summed E-state index contributed by atoms with van der Waals surface area (Å²) in [5.41, 5.74) is 3.11. The van der Waals surface area contributed by atoms with Crippen LogP contribution in [0.25, 0.3) is 5.69 Å². The third-order valence-corrected chi connectivity index (χ3v) is 6.85. The Morgan fingerprint density at radius 2 is 1.95 bits per heavy atom. The van der Waals surface area contributed by atoms with Gasteiger partial charge in [-0.25, -0.2) is 0 Å². The molecule has 0 radical (unpaired) electrons. The maximum absolute atomic E-state index is 11.4. The number of nitro benzene ring substituents is 1. The second-order valence-electron chi connectivity index (χ2n) is 8.53. The summed E-state index contributed by atoms with van der Waals surface area (Å²) in [6.07, 6.45) is 3.62. The van der Waals surface area contributed by atoms with Crippen molar-refractivity contribution in [3.8, 4) is 11.4 Å². The number of non-ortho nitro benzene ring substituents is 1. The van der Waals surface area contributed by atoms with E-state index in [1.165, 1.54) is 6.07 Å². The normalized spacial score (nSPS) is 16.9. The number of pyridine rings is 1.